The zero-order chi connectivity index (χ0) is 10.9. The van der Waals surface area contributed by atoms with Crippen LogP contribution in [0, 0.1) is 0 Å². The fourth-order valence-corrected chi connectivity index (χ4v) is 1.50. The van der Waals surface area contributed by atoms with Gasteiger partial charge in [0.25, 0.3) is 5.56 Å². The molecule has 1 aromatic heterocycles. The standard InChI is InChI=1S/C11H15NO2/c1-11(2,3)9-6-5-8(7-13)10(14)12(9)4/h5-7H,1-4H3. The van der Waals surface area contributed by atoms with Gasteiger partial charge in [-0.2, -0.15) is 0 Å². The molecule has 0 saturated heterocycles. The highest BCUT2D eigenvalue weighted by molar-refractivity contribution is 5.73. The zero-order valence-corrected chi connectivity index (χ0v) is 9.00. The Labute approximate surface area is 83.4 Å². The third-order valence-corrected chi connectivity index (χ3v) is 2.23. The summed E-state index contributed by atoms with van der Waals surface area (Å²) < 4.78 is 1.53. The van der Waals surface area contributed by atoms with Crippen molar-refractivity contribution in [3.8, 4) is 0 Å². The van der Waals surface area contributed by atoms with Gasteiger partial charge in [0, 0.05) is 18.2 Å². The van der Waals surface area contributed by atoms with Crippen LogP contribution in [0.25, 0.3) is 0 Å². The summed E-state index contributed by atoms with van der Waals surface area (Å²) in [5.41, 5.74) is 0.816. The van der Waals surface area contributed by atoms with Crippen molar-refractivity contribution in [3.63, 3.8) is 0 Å². The number of carbonyl (C=O) groups excluding carboxylic acids is 1. The Morgan fingerprint density at radius 2 is 1.86 bits per heavy atom. The number of carbonyl (C=O) groups is 1. The second kappa shape index (κ2) is 3.40. The highest BCUT2D eigenvalue weighted by Gasteiger charge is 2.17. The Morgan fingerprint density at radius 3 is 2.29 bits per heavy atom. The van der Waals surface area contributed by atoms with E-state index in [-0.39, 0.29) is 16.5 Å². The number of nitrogens with zero attached hydrogens (tertiary/aromatic N) is 1. The van der Waals surface area contributed by atoms with Crippen LogP contribution in [-0.2, 0) is 12.5 Å². The molecule has 0 aliphatic rings. The molecule has 0 amide bonds. The average Bonchev–Trinajstić information content (AvgIpc) is 2.07. The minimum Gasteiger partial charge on any atom is -0.315 e. The van der Waals surface area contributed by atoms with Gasteiger partial charge >= 0.3 is 0 Å². The summed E-state index contributed by atoms with van der Waals surface area (Å²) in [6, 6.07) is 3.40. The van der Waals surface area contributed by atoms with Crippen LogP contribution in [0.1, 0.15) is 36.8 Å². The first-order chi connectivity index (χ1) is 6.38. The van der Waals surface area contributed by atoms with Crippen molar-refractivity contribution in [1.82, 2.24) is 4.57 Å². The molecule has 76 valence electrons. The Balaban J connectivity index is 3.47. The van der Waals surface area contributed by atoms with Gasteiger partial charge in [-0.25, -0.2) is 0 Å². The Morgan fingerprint density at radius 1 is 1.29 bits per heavy atom. The van der Waals surface area contributed by atoms with E-state index in [0.717, 1.165) is 5.69 Å². The normalized spacial score (nSPS) is 11.4. The minimum atomic E-state index is -0.229. The first-order valence-electron chi connectivity index (χ1n) is 4.53. The molecule has 0 N–H and O–H groups in total. The summed E-state index contributed by atoms with van der Waals surface area (Å²) in [7, 11) is 1.69. The molecule has 0 spiro atoms. The lowest BCUT2D eigenvalue weighted by molar-refractivity contribution is 0.112. The Kier molecular flexibility index (Phi) is 2.60. The van der Waals surface area contributed by atoms with Crippen LogP contribution in [-0.4, -0.2) is 10.9 Å². The largest absolute Gasteiger partial charge is 0.315 e. The molecule has 1 rings (SSSR count). The highest BCUT2D eigenvalue weighted by atomic mass is 16.1. The molecule has 3 heteroatoms. The van der Waals surface area contributed by atoms with E-state index in [1.807, 2.05) is 26.8 Å². The fraction of sp³-hybridized carbons (Fsp3) is 0.455. The van der Waals surface area contributed by atoms with E-state index in [1.165, 1.54) is 4.57 Å². The number of hydrogen-bond donors (Lipinski definition) is 0. The summed E-state index contributed by atoms with van der Waals surface area (Å²) >= 11 is 0. The second-order valence-corrected chi connectivity index (χ2v) is 4.41. The lowest BCUT2D eigenvalue weighted by Crippen LogP contribution is -2.29. The van der Waals surface area contributed by atoms with Gasteiger partial charge in [-0.05, 0) is 12.1 Å². The van der Waals surface area contributed by atoms with Gasteiger partial charge < -0.3 is 4.57 Å². The van der Waals surface area contributed by atoms with Gasteiger partial charge in [-0.1, -0.05) is 20.8 Å². The summed E-state index contributed by atoms with van der Waals surface area (Å²) in [5.74, 6) is 0. The molecule has 3 nitrogen and oxygen atoms in total. The maximum Gasteiger partial charge on any atom is 0.261 e. The van der Waals surface area contributed by atoms with Crippen LogP contribution in [0.2, 0.25) is 0 Å². The minimum absolute atomic E-state index is 0.0880. The number of aromatic nitrogens is 1. The van der Waals surface area contributed by atoms with Crippen molar-refractivity contribution in [2.45, 2.75) is 26.2 Å². The zero-order valence-electron chi connectivity index (χ0n) is 9.00. The van der Waals surface area contributed by atoms with Gasteiger partial charge in [0.2, 0.25) is 0 Å². The molecule has 0 saturated carbocycles. The maximum absolute atomic E-state index is 11.6. The third-order valence-electron chi connectivity index (χ3n) is 2.23. The van der Waals surface area contributed by atoms with E-state index in [4.69, 9.17) is 0 Å². The van der Waals surface area contributed by atoms with E-state index < -0.39 is 0 Å². The van der Waals surface area contributed by atoms with Crippen LogP contribution in [0.15, 0.2) is 16.9 Å². The first-order valence-corrected chi connectivity index (χ1v) is 4.53. The molecule has 1 aromatic rings. The van der Waals surface area contributed by atoms with Crippen molar-refractivity contribution in [2.75, 3.05) is 0 Å². The van der Waals surface area contributed by atoms with Crippen molar-refractivity contribution in [3.05, 3.63) is 33.7 Å². The Hall–Kier alpha value is -1.38. The monoisotopic (exact) mass is 193 g/mol. The van der Waals surface area contributed by atoms with Crippen molar-refractivity contribution in [2.24, 2.45) is 7.05 Å². The topological polar surface area (TPSA) is 39.1 Å². The number of hydrogen-bond acceptors (Lipinski definition) is 2. The van der Waals surface area contributed by atoms with E-state index in [9.17, 15) is 9.59 Å². The molecule has 0 aromatic carbocycles. The van der Waals surface area contributed by atoms with Gasteiger partial charge in [0.15, 0.2) is 6.29 Å². The number of pyridine rings is 1. The van der Waals surface area contributed by atoms with Crippen molar-refractivity contribution in [1.29, 1.82) is 0 Å². The van der Waals surface area contributed by atoms with E-state index in [0.29, 0.717) is 6.29 Å². The van der Waals surface area contributed by atoms with Gasteiger partial charge in [0.1, 0.15) is 0 Å². The van der Waals surface area contributed by atoms with Gasteiger partial charge in [0.05, 0.1) is 5.56 Å². The third kappa shape index (κ3) is 1.76. The molecular formula is C11H15NO2. The molecule has 0 radical (unpaired) electrons. The predicted octanol–water partition coefficient (Wildman–Crippen LogP) is 1.50. The molecule has 0 unspecified atom stereocenters. The maximum atomic E-state index is 11.6. The van der Waals surface area contributed by atoms with Crippen molar-refractivity contribution >= 4 is 6.29 Å². The molecule has 0 bridgehead atoms. The smallest absolute Gasteiger partial charge is 0.261 e. The van der Waals surface area contributed by atoms with Crippen LogP contribution >= 0.6 is 0 Å². The molecule has 0 fully saturated rings. The molecule has 0 atom stereocenters. The second-order valence-electron chi connectivity index (χ2n) is 4.41. The summed E-state index contributed by atoms with van der Waals surface area (Å²) in [4.78, 5) is 22.1. The summed E-state index contributed by atoms with van der Waals surface area (Å²) in [6.45, 7) is 6.09. The van der Waals surface area contributed by atoms with E-state index in [1.54, 1.807) is 13.1 Å². The first kappa shape index (κ1) is 10.7. The number of aldehydes is 1. The predicted molar refractivity (Wildman–Crippen MR) is 55.8 cm³/mol. The lowest BCUT2D eigenvalue weighted by atomic mass is 9.91. The molecule has 0 aliphatic heterocycles. The Bertz CT molecular complexity index is 410. The average molecular weight is 193 g/mol. The molecule has 14 heavy (non-hydrogen) atoms. The van der Waals surface area contributed by atoms with Gasteiger partial charge in [-0.15, -0.1) is 0 Å². The summed E-state index contributed by atoms with van der Waals surface area (Å²) in [6.07, 6.45) is 0.592. The van der Waals surface area contributed by atoms with Gasteiger partial charge in [-0.3, -0.25) is 9.59 Å². The van der Waals surface area contributed by atoms with E-state index in [2.05, 4.69) is 0 Å². The van der Waals surface area contributed by atoms with E-state index >= 15 is 0 Å². The molecule has 1 heterocycles. The van der Waals surface area contributed by atoms with Crippen LogP contribution in [0.5, 0.6) is 0 Å². The van der Waals surface area contributed by atoms with Crippen LogP contribution in [0.3, 0.4) is 0 Å². The molecule has 0 aliphatic carbocycles. The quantitative estimate of drug-likeness (QED) is 0.634. The van der Waals surface area contributed by atoms with Crippen molar-refractivity contribution < 1.29 is 4.79 Å². The lowest BCUT2D eigenvalue weighted by Gasteiger charge is -2.22. The number of rotatable bonds is 1. The van der Waals surface area contributed by atoms with Crippen LogP contribution in [0.4, 0.5) is 0 Å². The molecular weight excluding hydrogens is 178 g/mol. The SMILES string of the molecule is Cn1c(C(C)(C)C)ccc(C=O)c1=O. The summed E-state index contributed by atoms with van der Waals surface area (Å²) in [5, 5.41) is 0. The van der Waals surface area contributed by atoms with Crippen LogP contribution < -0.4 is 5.56 Å². The highest BCUT2D eigenvalue weighted by Crippen LogP contribution is 2.19. The fourth-order valence-electron chi connectivity index (χ4n) is 1.50.